The first-order valence-electron chi connectivity index (χ1n) is 6.89. The van der Waals surface area contributed by atoms with Crippen molar-refractivity contribution in [2.24, 2.45) is 0 Å². The zero-order valence-corrected chi connectivity index (χ0v) is 11.4. The summed E-state index contributed by atoms with van der Waals surface area (Å²) in [5.74, 6) is 0. The number of nitrogens with zero attached hydrogens (tertiary/aromatic N) is 2. The molecule has 1 aromatic rings. The fraction of sp³-hybridized carbons (Fsp3) is 0.643. The van der Waals surface area contributed by atoms with Crippen molar-refractivity contribution in [2.75, 3.05) is 13.1 Å². The van der Waals surface area contributed by atoms with Gasteiger partial charge in [0.2, 0.25) is 0 Å². The molecular formula is C14H20ClN3. The maximum atomic E-state index is 5.95. The third-order valence-electron chi connectivity index (χ3n) is 3.86. The highest BCUT2D eigenvalue weighted by Crippen LogP contribution is 2.29. The van der Waals surface area contributed by atoms with Gasteiger partial charge in [0.15, 0.2) is 0 Å². The van der Waals surface area contributed by atoms with Crippen LogP contribution in [0.3, 0.4) is 0 Å². The van der Waals surface area contributed by atoms with E-state index in [1.165, 1.54) is 44.3 Å². The van der Waals surface area contributed by atoms with Gasteiger partial charge in [0, 0.05) is 31.4 Å². The summed E-state index contributed by atoms with van der Waals surface area (Å²) in [5, 5.41) is 4.19. The van der Waals surface area contributed by atoms with Gasteiger partial charge in [0.05, 0.1) is 0 Å². The Morgan fingerprint density at radius 3 is 2.94 bits per heavy atom. The van der Waals surface area contributed by atoms with E-state index in [0.717, 1.165) is 12.6 Å². The van der Waals surface area contributed by atoms with Gasteiger partial charge in [-0.05, 0) is 49.9 Å². The predicted molar refractivity (Wildman–Crippen MR) is 73.7 cm³/mol. The number of hydrogen-bond acceptors (Lipinski definition) is 3. The van der Waals surface area contributed by atoms with Crippen LogP contribution in [0.5, 0.6) is 0 Å². The van der Waals surface area contributed by atoms with Crippen molar-refractivity contribution in [3.63, 3.8) is 0 Å². The predicted octanol–water partition coefficient (Wildman–Crippen LogP) is 2.45. The Morgan fingerprint density at radius 1 is 1.39 bits per heavy atom. The number of pyridine rings is 1. The van der Waals surface area contributed by atoms with Gasteiger partial charge >= 0.3 is 0 Å². The highest BCUT2D eigenvalue weighted by Gasteiger charge is 2.31. The Bertz CT molecular complexity index is 400. The molecule has 1 aliphatic carbocycles. The largest absolute Gasteiger partial charge is 0.313 e. The molecule has 1 saturated heterocycles. The Labute approximate surface area is 114 Å². The topological polar surface area (TPSA) is 28.2 Å². The highest BCUT2D eigenvalue weighted by molar-refractivity contribution is 6.29. The lowest BCUT2D eigenvalue weighted by Gasteiger charge is -2.25. The molecule has 1 aliphatic heterocycles. The summed E-state index contributed by atoms with van der Waals surface area (Å²) >= 11 is 5.95. The molecule has 4 heteroatoms. The van der Waals surface area contributed by atoms with Crippen molar-refractivity contribution in [3.8, 4) is 0 Å². The summed E-state index contributed by atoms with van der Waals surface area (Å²) in [5.41, 5.74) is 1.28. The minimum Gasteiger partial charge on any atom is -0.313 e. The number of halogens is 1. The molecule has 3 nitrogen and oxygen atoms in total. The van der Waals surface area contributed by atoms with Crippen LogP contribution >= 0.6 is 11.6 Å². The van der Waals surface area contributed by atoms with E-state index in [9.17, 15) is 0 Å². The van der Waals surface area contributed by atoms with Crippen LogP contribution in [0, 0.1) is 0 Å². The molecule has 2 heterocycles. The molecule has 1 saturated carbocycles. The lowest BCUT2D eigenvalue weighted by Crippen LogP contribution is -2.38. The summed E-state index contributed by atoms with van der Waals surface area (Å²) < 4.78 is 0. The molecule has 98 valence electrons. The first-order chi connectivity index (χ1) is 8.81. The first-order valence-corrected chi connectivity index (χ1v) is 7.27. The molecule has 1 aromatic heterocycles. The third kappa shape index (κ3) is 3.22. The first kappa shape index (κ1) is 12.4. The van der Waals surface area contributed by atoms with Crippen LogP contribution in [0.2, 0.25) is 5.15 Å². The minimum absolute atomic E-state index is 0.599. The van der Waals surface area contributed by atoms with Crippen molar-refractivity contribution in [2.45, 2.75) is 44.3 Å². The van der Waals surface area contributed by atoms with Crippen LogP contribution in [0.4, 0.5) is 0 Å². The summed E-state index contributed by atoms with van der Waals surface area (Å²) in [4.78, 5) is 6.65. The molecule has 0 aromatic carbocycles. The molecule has 1 atom stereocenters. The molecule has 2 fully saturated rings. The molecular weight excluding hydrogens is 246 g/mol. The second-order valence-corrected chi connectivity index (χ2v) is 5.83. The van der Waals surface area contributed by atoms with Crippen molar-refractivity contribution in [1.29, 1.82) is 0 Å². The Hall–Kier alpha value is -0.640. The maximum Gasteiger partial charge on any atom is 0.129 e. The molecule has 0 spiro atoms. The number of aromatic nitrogens is 1. The normalized spacial score (nSPS) is 23.8. The zero-order valence-electron chi connectivity index (χ0n) is 10.6. The SMILES string of the molecule is Clc1cc(CN(CC2CCCN2)C2CC2)ccn1. The van der Waals surface area contributed by atoms with Gasteiger partial charge in [-0.3, -0.25) is 4.90 Å². The van der Waals surface area contributed by atoms with Gasteiger partial charge in [-0.25, -0.2) is 4.98 Å². The average Bonchev–Trinajstić information content (AvgIpc) is 3.08. The standard InChI is InChI=1S/C14H20ClN3/c15-14-8-11(5-7-17-14)9-18(13-3-4-13)10-12-2-1-6-16-12/h5,7-8,12-13,16H,1-4,6,9-10H2. The van der Waals surface area contributed by atoms with Gasteiger partial charge in [-0.2, -0.15) is 0 Å². The number of nitrogens with one attached hydrogen (secondary N) is 1. The van der Waals surface area contributed by atoms with E-state index in [4.69, 9.17) is 11.6 Å². The van der Waals surface area contributed by atoms with Gasteiger partial charge in [-0.15, -0.1) is 0 Å². The molecule has 2 aliphatic rings. The summed E-state index contributed by atoms with van der Waals surface area (Å²) in [7, 11) is 0. The van der Waals surface area contributed by atoms with E-state index < -0.39 is 0 Å². The smallest absolute Gasteiger partial charge is 0.129 e. The van der Waals surface area contributed by atoms with Crippen molar-refractivity contribution < 1.29 is 0 Å². The highest BCUT2D eigenvalue weighted by atomic mass is 35.5. The maximum absolute atomic E-state index is 5.95. The van der Waals surface area contributed by atoms with Crippen LogP contribution < -0.4 is 5.32 Å². The van der Waals surface area contributed by atoms with Crippen LogP contribution in [-0.4, -0.2) is 35.1 Å². The van der Waals surface area contributed by atoms with E-state index in [1.54, 1.807) is 6.20 Å². The van der Waals surface area contributed by atoms with Gasteiger partial charge < -0.3 is 5.32 Å². The van der Waals surface area contributed by atoms with E-state index in [-0.39, 0.29) is 0 Å². The number of rotatable bonds is 5. The minimum atomic E-state index is 0.599. The zero-order chi connectivity index (χ0) is 12.4. The van der Waals surface area contributed by atoms with Crippen LogP contribution in [0.15, 0.2) is 18.3 Å². The fourth-order valence-electron chi connectivity index (χ4n) is 2.75. The van der Waals surface area contributed by atoms with Crippen molar-refractivity contribution in [1.82, 2.24) is 15.2 Å². The summed E-state index contributed by atoms with van der Waals surface area (Å²) in [6, 6.07) is 5.53. The molecule has 0 amide bonds. The van der Waals surface area contributed by atoms with Crippen LogP contribution in [0.1, 0.15) is 31.2 Å². The Morgan fingerprint density at radius 2 is 2.28 bits per heavy atom. The van der Waals surface area contributed by atoms with E-state index >= 15 is 0 Å². The van der Waals surface area contributed by atoms with E-state index in [2.05, 4.69) is 21.3 Å². The van der Waals surface area contributed by atoms with Gasteiger partial charge in [-0.1, -0.05) is 11.6 Å². The molecule has 3 rings (SSSR count). The van der Waals surface area contributed by atoms with Crippen molar-refractivity contribution in [3.05, 3.63) is 29.0 Å². The van der Waals surface area contributed by atoms with Crippen molar-refractivity contribution >= 4 is 11.6 Å². The lowest BCUT2D eigenvalue weighted by molar-refractivity contribution is 0.231. The molecule has 0 bridgehead atoms. The van der Waals surface area contributed by atoms with Gasteiger partial charge in [0.25, 0.3) is 0 Å². The monoisotopic (exact) mass is 265 g/mol. The molecule has 0 radical (unpaired) electrons. The summed E-state index contributed by atoms with van der Waals surface area (Å²) in [6.45, 7) is 3.36. The second kappa shape index (κ2) is 5.55. The lowest BCUT2D eigenvalue weighted by atomic mass is 10.2. The molecule has 1 N–H and O–H groups in total. The van der Waals surface area contributed by atoms with E-state index in [0.29, 0.717) is 11.2 Å². The second-order valence-electron chi connectivity index (χ2n) is 5.44. The number of hydrogen-bond donors (Lipinski definition) is 1. The fourth-order valence-corrected chi connectivity index (χ4v) is 2.95. The molecule has 18 heavy (non-hydrogen) atoms. The van der Waals surface area contributed by atoms with Crippen LogP contribution in [-0.2, 0) is 6.54 Å². The van der Waals surface area contributed by atoms with Crippen LogP contribution in [0.25, 0.3) is 0 Å². The Kier molecular flexibility index (Phi) is 3.83. The molecule has 1 unspecified atom stereocenters. The summed E-state index contributed by atoms with van der Waals surface area (Å²) in [6.07, 6.45) is 7.15. The Balaban J connectivity index is 1.62. The third-order valence-corrected chi connectivity index (χ3v) is 4.06. The van der Waals surface area contributed by atoms with E-state index in [1.807, 2.05) is 6.07 Å². The average molecular weight is 266 g/mol. The quantitative estimate of drug-likeness (QED) is 0.829. The van der Waals surface area contributed by atoms with Gasteiger partial charge in [0.1, 0.15) is 5.15 Å².